The molecule has 6 nitrogen and oxygen atoms in total. The SMILES string of the molecule is CNCC1CCN(C(=O)c2cccc(NC(=O)NC3CC3)c2)C1.Cl. The van der Waals surface area contributed by atoms with Crippen molar-refractivity contribution in [3.63, 3.8) is 0 Å². The van der Waals surface area contributed by atoms with Crippen LogP contribution in [-0.4, -0.2) is 49.6 Å². The van der Waals surface area contributed by atoms with Gasteiger partial charge < -0.3 is 20.9 Å². The number of hydrogen-bond donors (Lipinski definition) is 3. The standard InChI is InChI=1S/C17H24N4O2.ClH/c1-18-10-12-7-8-21(11-12)16(22)13-3-2-4-15(9-13)20-17(23)19-14-5-6-14;/h2-4,9,12,14,18H,5-8,10-11H2,1H3,(H2,19,20,23);1H. The molecule has 1 saturated carbocycles. The van der Waals surface area contributed by atoms with Gasteiger partial charge in [-0.3, -0.25) is 4.79 Å². The highest BCUT2D eigenvalue weighted by molar-refractivity contribution is 5.97. The van der Waals surface area contributed by atoms with Crippen LogP contribution in [0.5, 0.6) is 0 Å². The van der Waals surface area contributed by atoms with Crippen LogP contribution in [0.4, 0.5) is 10.5 Å². The summed E-state index contributed by atoms with van der Waals surface area (Å²) in [6.07, 6.45) is 3.14. The molecule has 1 aliphatic heterocycles. The number of carbonyl (C=O) groups excluding carboxylic acids is 2. The Kier molecular flexibility index (Phi) is 6.45. The van der Waals surface area contributed by atoms with E-state index in [0.717, 1.165) is 38.9 Å². The lowest BCUT2D eigenvalue weighted by molar-refractivity contribution is 0.0787. The van der Waals surface area contributed by atoms with Gasteiger partial charge in [-0.25, -0.2) is 4.79 Å². The summed E-state index contributed by atoms with van der Waals surface area (Å²) < 4.78 is 0. The number of nitrogens with one attached hydrogen (secondary N) is 3. The third-order valence-electron chi connectivity index (χ3n) is 4.35. The zero-order chi connectivity index (χ0) is 16.2. The molecule has 3 N–H and O–H groups in total. The highest BCUT2D eigenvalue weighted by Crippen LogP contribution is 2.21. The second-order valence-electron chi connectivity index (χ2n) is 6.42. The highest BCUT2D eigenvalue weighted by Gasteiger charge is 2.27. The van der Waals surface area contributed by atoms with Gasteiger partial charge in [-0.15, -0.1) is 12.4 Å². The van der Waals surface area contributed by atoms with Crippen LogP contribution in [0.3, 0.4) is 0 Å². The Bertz CT molecular complexity index is 592. The Balaban J connectivity index is 0.00000208. The summed E-state index contributed by atoms with van der Waals surface area (Å²) in [5.74, 6) is 0.560. The molecule has 1 saturated heterocycles. The van der Waals surface area contributed by atoms with Crippen molar-refractivity contribution in [2.45, 2.75) is 25.3 Å². The average Bonchev–Trinajstić information content (AvgIpc) is 3.22. The van der Waals surface area contributed by atoms with Crippen molar-refractivity contribution in [3.05, 3.63) is 29.8 Å². The van der Waals surface area contributed by atoms with Crippen molar-refractivity contribution in [1.82, 2.24) is 15.5 Å². The van der Waals surface area contributed by atoms with Gasteiger partial charge in [0.05, 0.1) is 0 Å². The molecule has 0 bridgehead atoms. The summed E-state index contributed by atoms with van der Waals surface area (Å²) >= 11 is 0. The number of carbonyl (C=O) groups is 2. The smallest absolute Gasteiger partial charge is 0.319 e. The minimum absolute atomic E-state index is 0. The van der Waals surface area contributed by atoms with Crippen molar-refractivity contribution in [2.75, 3.05) is 32.0 Å². The first-order valence-electron chi connectivity index (χ1n) is 8.27. The van der Waals surface area contributed by atoms with Gasteiger partial charge in [-0.05, 0) is 57.0 Å². The first-order valence-corrected chi connectivity index (χ1v) is 8.27. The largest absolute Gasteiger partial charge is 0.338 e. The van der Waals surface area contributed by atoms with E-state index in [9.17, 15) is 9.59 Å². The van der Waals surface area contributed by atoms with Crippen LogP contribution < -0.4 is 16.0 Å². The molecule has 2 fully saturated rings. The van der Waals surface area contributed by atoms with Gasteiger partial charge in [0.25, 0.3) is 5.91 Å². The predicted octanol–water partition coefficient (Wildman–Crippen LogP) is 2.07. The van der Waals surface area contributed by atoms with Gasteiger partial charge in [0.2, 0.25) is 0 Å². The predicted molar refractivity (Wildman–Crippen MR) is 96.8 cm³/mol. The Morgan fingerprint density at radius 2 is 2.04 bits per heavy atom. The average molecular weight is 353 g/mol. The van der Waals surface area contributed by atoms with Crippen molar-refractivity contribution in [2.24, 2.45) is 5.92 Å². The van der Waals surface area contributed by atoms with Gasteiger partial charge >= 0.3 is 6.03 Å². The van der Waals surface area contributed by atoms with E-state index in [1.54, 1.807) is 24.3 Å². The second-order valence-corrected chi connectivity index (χ2v) is 6.42. The number of rotatable bonds is 5. The molecule has 1 aromatic carbocycles. The van der Waals surface area contributed by atoms with Crippen LogP contribution in [-0.2, 0) is 0 Å². The van der Waals surface area contributed by atoms with Crippen LogP contribution >= 0.6 is 12.4 Å². The zero-order valence-electron chi connectivity index (χ0n) is 13.9. The Hall–Kier alpha value is -1.79. The Morgan fingerprint density at radius 1 is 1.25 bits per heavy atom. The van der Waals surface area contributed by atoms with Crippen molar-refractivity contribution in [3.8, 4) is 0 Å². The summed E-state index contributed by atoms with van der Waals surface area (Å²) in [6.45, 7) is 2.53. The normalized spacial score (nSPS) is 19.5. The molecule has 3 amide bonds. The molecule has 2 aliphatic rings. The van der Waals surface area contributed by atoms with E-state index in [4.69, 9.17) is 0 Å². The van der Waals surface area contributed by atoms with Crippen molar-refractivity contribution >= 4 is 30.0 Å². The fourth-order valence-corrected chi connectivity index (χ4v) is 2.97. The zero-order valence-corrected chi connectivity index (χ0v) is 14.7. The first kappa shape index (κ1) is 18.5. The molecule has 3 rings (SSSR count). The monoisotopic (exact) mass is 352 g/mol. The quantitative estimate of drug-likeness (QED) is 0.759. The number of hydrogen-bond acceptors (Lipinski definition) is 3. The maximum atomic E-state index is 12.6. The minimum atomic E-state index is -0.202. The second kappa shape index (κ2) is 8.35. The molecule has 1 aliphatic carbocycles. The molecule has 1 aromatic rings. The van der Waals surface area contributed by atoms with Crippen LogP contribution in [0.1, 0.15) is 29.6 Å². The van der Waals surface area contributed by atoms with Crippen LogP contribution in [0.25, 0.3) is 0 Å². The molecule has 0 spiro atoms. The number of likely N-dealkylation sites (tertiary alicyclic amines) is 1. The minimum Gasteiger partial charge on any atom is -0.338 e. The van der Waals surface area contributed by atoms with E-state index in [1.165, 1.54) is 0 Å². The van der Waals surface area contributed by atoms with Crippen LogP contribution in [0.2, 0.25) is 0 Å². The molecular formula is C17H25ClN4O2. The third kappa shape index (κ3) is 4.85. The van der Waals surface area contributed by atoms with Gasteiger partial charge in [0, 0.05) is 30.4 Å². The van der Waals surface area contributed by atoms with Crippen molar-refractivity contribution in [1.29, 1.82) is 0 Å². The molecule has 7 heteroatoms. The lowest BCUT2D eigenvalue weighted by atomic mass is 10.1. The first-order chi connectivity index (χ1) is 11.2. The summed E-state index contributed by atoms with van der Waals surface area (Å²) in [6, 6.07) is 7.27. The number of nitrogens with zero attached hydrogens (tertiary/aromatic N) is 1. The molecule has 0 radical (unpaired) electrons. The molecule has 1 heterocycles. The van der Waals surface area contributed by atoms with E-state index in [-0.39, 0.29) is 24.3 Å². The summed E-state index contributed by atoms with van der Waals surface area (Å²) in [7, 11) is 1.94. The fourth-order valence-electron chi connectivity index (χ4n) is 2.97. The highest BCUT2D eigenvalue weighted by atomic mass is 35.5. The molecule has 1 unspecified atom stereocenters. The van der Waals surface area contributed by atoms with Gasteiger partial charge in [0.1, 0.15) is 0 Å². The summed E-state index contributed by atoms with van der Waals surface area (Å²) in [5.41, 5.74) is 1.28. The van der Waals surface area contributed by atoms with Gasteiger partial charge in [-0.2, -0.15) is 0 Å². The molecular weight excluding hydrogens is 328 g/mol. The third-order valence-corrected chi connectivity index (χ3v) is 4.35. The number of halogens is 1. The van der Waals surface area contributed by atoms with Crippen LogP contribution in [0.15, 0.2) is 24.3 Å². The van der Waals surface area contributed by atoms with Crippen LogP contribution in [0, 0.1) is 5.92 Å². The Morgan fingerprint density at radius 3 is 2.75 bits per heavy atom. The van der Waals surface area contributed by atoms with E-state index >= 15 is 0 Å². The molecule has 1 atom stereocenters. The molecule has 24 heavy (non-hydrogen) atoms. The number of anilines is 1. The van der Waals surface area contributed by atoms with E-state index in [0.29, 0.717) is 23.2 Å². The van der Waals surface area contributed by atoms with E-state index < -0.39 is 0 Å². The fraction of sp³-hybridized carbons (Fsp3) is 0.529. The maximum absolute atomic E-state index is 12.6. The number of urea groups is 1. The number of amides is 3. The maximum Gasteiger partial charge on any atom is 0.319 e. The lowest BCUT2D eigenvalue weighted by Crippen LogP contribution is -2.31. The van der Waals surface area contributed by atoms with E-state index in [1.807, 2.05) is 11.9 Å². The summed E-state index contributed by atoms with van der Waals surface area (Å²) in [5, 5.41) is 8.84. The molecule has 0 aromatic heterocycles. The van der Waals surface area contributed by atoms with Crippen molar-refractivity contribution < 1.29 is 9.59 Å². The van der Waals surface area contributed by atoms with Gasteiger partial charge in [0.15, 0.2) is 0 Å². The summed E-state index contributed by atoms with van der Waals surface area (Å²) in [4.78, 5) is 26.3. The van der Waals surface area contributed by atoms with Gasteiger partial charge in [-0.1, -0.05) is 6.07 Å². The Labute approximate surface area is 148 Å². The number of benzene rings is 1. The topological polar surface area (TPSA) is 73.5 Å². The lowest BCUT2D eigenvalue weighted by Gasteiger charge is -2.17. The van der Waals surface area contributed by atoms with E-state index in [2.05, 4.69) is 16.0 Å². The molecule has 132 valence electrons.